The molecule has 0 aliphatic rings. The number of carbonyl (C=O) groups is 1. The Balaban J connectivity index is 1.81. The lowest BCUT2D eigenvalue weighted by atomic mass is 9.97. The molecule has 0 saturated carbocycles. The maximum absolute atomic E-state index is 12.7. The largest absolute Gasteiger partial charge is 0.457 e. The van der Waals surface area contributed by atoms with E-state index in [-0.39, 0.29) is 11.1 Å². The number of hydrogen-bond donors (Lipinski definition) is 2. The highest BCUT2D eigenvalue weighted by molar-refractivity contribution is 7.60. The summed E-state index contributed by atoms with van der Waals surface area (Å²) < 4.78 is 17.0. The Morgan fingerprint density at radius 2 is 1.59 bits per heavy atom. The third-order valence-electron chi connectivity index (χ3n) is 4.14. The van der Waals surface area contributed by atoms with Crippen LogP contribution in [0.2, 0.25) is 0 Å². The van der Waals surface area contributed by atoms with Crippen LogP contribution in [0.3, 0.4) is 0 Å². The number of benzene rings is 3. The normalized spacial score (nSPS) is 11.3. The van der Waals surface area contributed by atoms with Crippen molar-refractivity contribution in [3.63, 3.8) is 0 Å². The van der Waals surface area contributed by atoms with Crippen LogP contribution in [-0.2, 0) is 4.57 Å². The molecule has 3 aromatic rings. The first-order valence-electron chi connectivity index (χ1n) is 8.30. The van der Waals surface area contributed by atoms with Crippen LogP contribution in [0.15, 0.2) is 66.7 Å². The Morgan fingerprint density at radius 3 is 2.26 bits per heavy atom. The van der Waals surface area contributed by atoms with Gasteiger partial charge in [0.05, 0.1) is 5.30 Å². The summed E-state index contributed by atoms with van der Waals surface area (Å²) in [6.45, 7) is 3.84. The summed E-state index contributed by atoms with van der Waals surface area (Å²) in [5, 5.41) is -0.110. The van der Waals surface area contributed by atoms with Gasteiger partial charge in [0.15, 0.2) is 5.78 Å². The molecule has 0 radical (unpaired) electrons. The monoisotopic (exact) mass is 382 g/mol. The van der Waals surface area contributed by atoms with Gasteiger partial charge in [-0.25, -0.2) is 0 Å². The Morgan fingerprint density at radius 1 is 0.889 bits per heavy atom. The fourth-order valence-corrected chi connectivity index (χ4v) is 3.25. The second-order valence-corrected chi connectivity index (χ2v) is 7.92. The highest BCUT2D eigenvalue weighted by Gasteiger charge is 2.17. The van der Waals surface area contributed by atoms with Crippen LogP contribution in [0.5, 0.6) is 11.5 Å². The molecule has 0 bridgehead atoms. The van der Waals surface area contributed by atoms with Crippen LogP contribution in [0, 0.1) is 13.8 Å². The highest BCUT2D eigenvalue weighted by Crippen LogP contribution is 2.34. The van der Waals surface area contributed by atoms with E-state index in [9.17, 15) is 19.1 Å². The fourth-order valence-electron chi connectivity index (χ4n) is 2.67. The van der Waals surface area contributed by atoms with Crippen LogP contribution >= 0.6 is 7.60 Å². The summed E-state index contributed by atoms with van der Waals surface area (Å²) in [4.78, 5) is 31.2. The number of ether oxygens (including phenoxy) is 1. The lowest BCUT2D eigenvalue weighted by Gasteiger charge is -2.10. The molecule has 0 saturated heterocycles. The first-order valence-corrected chi connectivity index (χ1v) is 9.91. The predicted octanol–water partition coefficient (Wildman–Crippen LogP) is 4.13. The first kappa shape index (κ1) is 19.1. The van der Waals surface area contributed by atoms with Gasteiger partial charge in [0.25, 0.3) is 0 Å². The number of aryl methyl sites for hydroxylation is 2. The molecule has 0 fully saturated rings. The van der Waals surface area contributed by atoms with Crippen molar-refractivity contribution in [2.45, 2.75) is 13.8 Å². The van der Waals surface area contributed by atoms with E-state index in [1.807, 2.05) is 32.0 Å². The second kappa shape index (κ2) is 7.49. The Hall–Kier alpha value is -2.72. The molecule has 0 unspecified atom stereocenters. The van der Waals surface area contributed by atoms with Crippen molar-refractivity contribution >= 4 is 18.7 Å². The average molecular weight is 382 g/mol. The quantitative estimate of drug-likeness (QED) is 0.512. The molecular weight excluding hydrogens is 363 g/mol. The van der Waals surface area contributed by atoms with Crippen molar-refractivity contribution in [2.75, 3.05) is 0 Å². The minimum atomic E-state index is -4.34. The molecule has 3 aromatic carbocycles. The number of rotatable bonds is 5. The molecule has 6 heteroatoms. The molecule has 5 nitrogen and oxygen atoms in total. The van der Waals surface area contributed by atoms with Crippen molar-refractivity contribution in [1.82, 2.24) is 0 Å². The number of ketones is 1. The maximum Gasteiger partial charge on any atom is 0.356 e. The molecule has 27 heavy (non-hydrogen) atoms. The highest BCUT2D eigenvalue weighted by atomic mass is 31.2. The zero-order valence-electron chi connectivity index (χ0n) is 14.9. The molecule has 0 aromatic heterocycles. The van der Waals surface area contributed by atoms with Crippen molar-refractivity contribution < 1.29 is 23.9 Å². The van der Waals surface area contributed by atoms with Gasteiger partial charge >= 0.3 is 7.60 Å². The first-order chi connectivity index (χ1) is 12.7. The lowest BCUT2D eigenvalue weighted by Crippen LogP contribution is -2.04. The summed E-state index contributed by atoms with van der Waals surface area (Å²) in [6.07, 6.45) is 0. The lowest BCUT2D eigenvalue weighted by molar-refractivity contribution is 0.103. The van der Waals surface area contributed by atoms with Crippen LogP contribution in [-0.4, -0.2) is 15.6 Å². The van der Waals surface area contributed by atoms with E-state index in [1.54, 1.807) is 30.3 Å². The van der Waals surface area contributed by atoms with Gasteiger partial charge in [0.1, 0.15) is 11.5 Å². The number of carbonyl (C=O) groups excluding carboxylic acids is 1. The molecule has 3 rings (SSSR count). The molecule has 0 atom stereocenters. The van der Waals surface area contributed by atoms with Gasteiger partial charge in [-0.3, -0.25) is 9.36 Å². The summed E-state index contributed by atoms with van der Waals surface area (Å²) in [6, 6.07) is 18.2. The van der Waals surface area contributed by atoms with E-state index >= 15 is 0 Å². The molecule has 0 aliphatic heterocycles. The summed E-state index contributed by atoms with van der Waals surface area (Å²) in [5.74, 6) is 0.714. The van der Waals surface area contributed by atoms with Gasteiger partial charge in [0.2, 0.25) is 0 Å². The van der Waals surface area contributed by atoms with E-state index < -0.39 is 7.60 Å². The summed E-state index contributed by atoms with van der Waals surface area (Å²) in [7, 11) is -4.34. The van der Waals surface area contributed by atoms with Gasteiger partial charge in [-0.1, -0.05) is 23.8 Å². The van der Waals surface area contributed by atoms with Gasteiger partial charge < -0.3 is 14.5 Å². The third-order valence-corrected chi connectivity index (χ3v) is 5.09. The van der Waals surface area contributed by atoms with Crippen LogP contribution < -0.4 is 10.0 Å². The maximum atomic E-state index is 12.7. The van der Waals surface area contributed by atoms with Gasteiger partial charge in [-0.15, -0.1) is 0 Å². The molecule has 0 amide bonds. The van der Waals surface area contributed by atoms with E-state index in [0.717, 1.165) is 11.1 Å². The standard InChI is InChI=1S/C21H19O5P/c1-14-6-7-15(2)20(12-14)21(22)16-8-10-17(11-9-16)26-18-4-3-5-19(13-18)27(23,24)25/h3-13H,1-2H3,(H2,23,24,25). The number of hydrogen-bond acceptors (Lipinski definition) is 3. The molecule has 138 valence electrons. The van der Waals surface area contributed by atoms with E-state index in [4.69, 9.17) is 4.74 Å². The van der Waals surface area contributed by atoms with Crippen LogP contribution in [0.25, 0.3) is 0 Å². The zero-order chi connectivity index (χ0) is 19.6. The second-order valence-electron chi connectivity index (χ2n) is 6.32. The van der Waals surface area contributed by atoms with E-state index in [1.165, 1.54) is 18.2 Å². The average Bonchev–Trinajstić information content (AvgIpc) is 2.63. The topological polar surface area (TPSA) is 83.8 Å². The zero-order valence-corrected chi connectivity index (χ0v) is 15.8. The molecule has 0 heterocycles. The minimum absolute atomic E-state index is 0.0637. The molecule has 0 spiro atoms. The Bertz CT molecular complexity index is 1030. The Kier molecular flexibility index (Phi) is 5.29. The smallest absolute Gasteiger partial charge is 0.356 e. The summed E-state index contributed by atoms with van der Waals surface area (Å²) >= 11 is 0. The predicted molar refractivity (Wildman–Crippen MR) is 104 cm³/mol. The van der Waals surface area contributed by atoms with Crippen LogP contribution in [0.1, 0.15) is 27.0 Å². The molecule has 2 N–H and O–H groups in total. The fraction of sp³-hybridized carbons (Fsp3) is 0.0952. The van der Waals surface area contributed by atoms with Crippen molar-refractivity contribution in [3.05, 3.63) is 89.0 Å². The third kappa shape index (κ3) is 4.52. The van der Waals surface area contributed by atoms with Gasteiger partial charge in [-0.2, -0.15) is 0 Å². The van der Waals surface area contributed by atoms with E-state index in [0.29, 0.717) is 22.6 Å². The van der Waals surface area contributed by atoms with E-state index in [2.05, 4.69) is 0 Å². The van der Waals surface area contributed by atoms with Crippen molar-refractivity contribution in [1.29, 1.82) is 0 Å². The van der Waals surface area contributed by atoms with Crippen LogP contribution in [0.4, 0.5) is 0 Å². The van der Waals surface area contributed by atoms with Gasteiger partial charge in [0, 0.05) is 11.1 Å². The Labute approximate surface area is 157 Å². The molecule has 0 aliphatic carbocycles. The SMILES string of the molecule is Cc1ccc(C)c(C(=O)c2ccc(Oc3cccc(P(=O)(O)O)c3)cc2)c1. The summed E-state index contributed by atoms with van der Waals surface area (Å²) in [5.41, 5.74) is 3.15. The minimum Gasteiger partial charge on any atom is -0.457 e. The van der Waals surface area contributed by atoms with Gasteiger partial charge in [-0.05, 0) is 67.9 Å². The molecular formula is C21H19O5P. The van der Waals surface area contributed by atoms with Crippen molar-refractivity contribution in [3.8, 4) is 11.5 Å². The van der Waals surface area contributed by atoms with Crippen molar-refractivity contribution in [2.24, 2.45) is 0 Å².